The summed E-state index contributed by atoms with van der Waals surface area (Å²) >= 11 is 1.72. The first kappa shape index (κ1) is 15.7. The van der Waals surface area contributed by atoms with Gasteiger partial charge in [-0.2, -0.15) is 0 Å². The number of hydrogen-bond acceptors (Lipinski definition) is 4. The van der Waals surface area contributed by atoms with Gasteiger partial charge in [0.1, 0.15) is 0 Å². The van der Waals surface area contributed by atoms with Crippen LogP contribution >= 0.6 is 11.8 Å². The fraction of sp³-hybridized carbons (Fsp3) is 0.571. The Morgan fingerprint density at radius 1 is 1.40 bits per heavy atom. The topological polar surface area (TPSA) is 49.4 Å². The smallest absolute Gasteiger partial charge is 0.211 e. The van der Waals surface area contributed by atoms with Crippen LogP contribution in [0.4, 0.5) is 5.69 Å². The Morgan fingerprint density at radius 2 is 2.15 bits per heavy atom. The van der Waals surface area contributed by atoms with Gasteiger partial charge in [-0.25, -0.2) is 12.7 Å². The normalized spacial score (nSPS) is 20.8. The average Bonchev–Trinajstić information content (AvgIpc) is 2.45. The van der Waals surface area contributed by atoms with E-state index in [-0.39, 0.29) is 0 Å². The number of nitrogens with zero attached hydrogens (tertiary/aromatic N) is 1. The van der Waals surface area contributed by atoms with E-state index in [4.69, 9.17) is 0 Å². The first-order chi connectivity index (χ1) is 9.50. The average molecular weight is 314 g/mol. The number of sulfonamides is 1. The minimum Gasteiger partial charge on any atom is -0.384 e. The lowest BCUT2D eigenvalue weighted by atomic mass is 9.99. The van der Waals surface area contributed by atoms with Crippen LogP contribution in [0.25, 0.3) is 0 Å². The van der Waals surface area contributed by atoms with Crippen molar-refractivity contribution in [1.29, 1.82) is 0 Å². The highest BCUT2D eigenvalue weighted by Crippen LogP contribution is 2.26. The van der Waals surface area contributed by atoms with Crippen LogP contribution in [0.15, 0.2) is 29.2 Å². The van der Waals surface area contributed by atoms with Crippen LogP contribution in [0.1, 0.15) is 12.8 Å². The number of hydrogen-bond donors (Lipinski definition) is 1. The second-order valence-corrected chi connectivity index (χ2v) is 8.04. The number of benzene rings is 1. The van der Waals surface area contributed by atoms with Crippen molar-refractivity contribution in [2.75, 3.05) is 37.5 Å². The predicted molar refractivity (Wildman–Crippen MR) is 85.9 cm³/mol. The molecule has 1 fully saturated rings. The second-order valence-electron chi connectivity index (χ2n) is 5.21. The summed E-state index contributed by atoms with van der Waals surface area (Å²) in [5, 5.41) is 3.46. The molecule has 1 aliphatic heterocycles. The number of piperidine rings is 1. The highest BCUT2D eigenvalue weighted by atomic mass is 32.2. The molecular weight excluding hydrogens is 292 g/mol. The third-order valence-electron chi connectivity index (χ3n) is 3.64. The van der Waals surface area contributed by atoms with Crippen LogP contribution in [-0.4, -0.2) is 44.9 Å². The van der Waals surface area contributed by atoms with Crippen molar-refractivity contribution in [3.8, 4) is 0 Å². The third kappa shape index (κ3) is 4.14. The first-order valence-corrected chi connectivity index (χ1v) is 9.90. The summed E-state index contributed by atoms with van der Waals surface area (Å²) in [6.07, 6.45) is 5.39. The zero-order valence-electron chi connectivity index (χ0n) is 12.0. The van der Waals surface area contributed by atoms with Crippen LogP contribution in [0.3, 0.4) is 0 Å². The molecule has 0 saturated carbocycles. The maximum Gasteiger partial charge on any atom is 0.211 e. The molecule has 0 spiro atoms. The summed E-state index contributed by atoms with van der Waals surface area (Å²) in [4.78, 5) is 1.23. The predicted octanol–water partition coefficient (Wildman–Crippen LogP) is 2.49. The molecule has 1 atom stereocenters. The van der Waals surface area contributed by atoms with Gasteiger partial charge in [0.05, 0.1) is 6.26 Å². The van der Waals surface area contributed by atoms with Gasteiger partial charge in [-0.15, -0.1) is 11.8 Å². The van der Waals surface area contributed by atoms with Crippen LogP contribution in [0.5, 0.6) is 0 Å². The molecule has 112 valence electrons. The third-order valence-corrected chi connectivity index (χ3v) is 5.70. The summed E-state index contributed by atoms with van der Waals surface area (Å²) in [5.74, 6) is 0.383. The monoisotopic (exact) mass is 314 g/mol. The summed E-state index contributed by atoms with van der Waals surface area (Å²) in [6, 6.07) is 8.22. The van der Waals surface area contributed by atoms with Crippen LogP contribution in [0, 0.1) is 5.92 Å². The molecule has 4 nitrogen and oxygen atoms in total. The van der Waals surface area contributed by atoms with E-state index >= 15 is 0 Å². The fourth-order valence-corrected chi connectivity index (χ4v) is 4.06. The molecule has 1 saturated heterocycles. The van der Waals surface area contributed by atoms with E-state index in [9.17, 15) is 8.42 Å². The highest BCUT2D eigenvalue weighted by molar-refractivity contribution is 7.98. The zero-order valence-corrected chi connectivity index (χ0v) is 13.6. The number of rotatable bonds is 5. The Labute approximate surface area is 126 Å². The minimum atomic E-state index is -3.05. The van der Waals surface area contributed by atoms with Crippen LogP contribution in [0.2, 0.25) is 0 Å². The quantitative estimate of drug-likeness (QED) is 0.848. The van der Waals surface area contributed by atoms with Gasteiger partial charge in [0.2, 0.25) is 10.0 Å². The van der Waals surface area contributed by atoms with Crippen molar-refractivity contribution in [3.63, 3.8) is 0 Å². The van der Waals surface area contributed by atoms with E-state index in [1.165, 1.54) is 11.2 Å². The van der Waals surface area contributed by atoms with Gasteiger partial charge in [-0.3, -0.25) is 0 Å². The zero-order chi connectivity index (χ0) is 14.6. The number of thioether (sulfide) groups is 1. The molecule has 0 radical (unpaired) electrons. The van der Waals surface area contributed by atoms with E-state index in [0.29, 0.717) is 19.0 Å². The van der Waals surface area contributed by atoms with E-state index in [1.54, 1.807) is 16.1 Å². The van der Waals surface area contributed by atoms with Gasteiger partial charge in [-0.05, 0) is 37.1 Å². The maximum atomic E-state index is 11.6. The standard InChI is InChI=1S/C14H22N2O2S2/c1-19-14-8-4-3-7-13(14)15-10-12-6-5-9-16(11-12)20(2,17)18/h3-4,7-8,12,15H,5-6,9-11H2,1-2H3. The van der Waals surface area contributed by atoms with Gasteiger partial charge < -0.3 is 5.32 Å². The van der Waals surface area contributed by atoms with Gasteiger partial charge in [0, 0.05) is 30.2 Å². The molecule has 1 heterocycles. The first-order valence-electron chi connectivity index (χ1n) is 6.82. The van der Waals surface area contributed by atoms with Gasteiger partial charge in [-0.1, -0.05) is 12.1 Å². The summed E-state index contributed by atoms with van der Waals surface area (Å²) in [5.41, 5.74) is 1.14. The highest BCUT2D eigenvalue weighted by Gasteiger charge is 2.25. The molecule has 1 aromatic rings. The number of anilines is 1. The van der Waals surface area contributed by atoms with E-state index in [0.717, 1.165) is 25.1 Å². The lowest BCUT2D eigenvalue weighted by molar-refractivity contribution is 0.276. The lowest BCUT2D eigenvalue weighted by Gasteiger charge is -2.31. The molecule has 0 bridgehead atoms. The SMILES string of the molecule is CSc1ccccc1NCC1CCCN(S(C)(=O)=O)C1. The Bertz CT molecular complexity index is 546. The number of nitrogens with one attached hydrogen (secondary N) is 1. The van der Waals surface area contributed by atoms with E-state index in [1.807, 2.05) is 12.1 Å². The summed E-state index contributed by atoms with van der Waals surface area (Å²) in [6.45, 7) is 2.12. The molecule has 1 N–H and O–H groups in total. The van der Waals surface area contributed by atoms with Crippen LogP contribution < -0.4 is 5.32 Å². The van der Waals surface area contributed by atoms with Crippen LogP contribution in [-0.2, 0) is 10.0 Å². The van der Waals surface area contributed by atoms with Crippen molar-refractivity contribution in [1.82, 2.24) is 4.31 Å². The maximum absolute atomic E-state index is 11.6. The molecule has 2 rings (SSSR count). The Balaban J connectivity index is 1.94. The second kappa shape index (κ2) is 6.83. The van der Waals surface area contributed by atoms with Crippen molar-refractivity contribution in [2.24, 2.45) is 5.92 Å². The van der Waals surface area contributed by atoms with Gasteiger partial charge in [0.25, 0.3) is 0 Å². The molecule has 0 aliphatic carbocycles. The largest absolute Gasteiger partial charge is 0.384 e. The van der Waals surface area contributed by atoms with Crippen molar-refractivity contribution < 1.29 is 8.42 Å². The number of para-hydroxylation sites is 1. The molecule has 6 heteroatoms. The lowest BCUT2D eigenvalue weighted by Crippen LogP contribution is -2.41. The van der Waals surface area contributed by atoms with Gasteiger partial charge in [0.15, 0.2) is 0 Å². The molecule has 0 aromatic heterocycles. The molecule has 0 amide bonds. The van der Waals surface area contributed by atoms with Crippen molar-refractivity contribution in [2.45, 2.75) is 17.7 Å². The Hall–Kier alpha value is -0.720. The molecule has 1 aliphatic rings. The fourth-order valence-electron chi connectivity index (χ4n) is 2.54. The summed E-state index contributed by atoms with van der Waals surface area (Å²) < 4.78 is 24.8. The molecule has 1 aromatic carbocycles. The summed E-state index contributed by atoms with van der Waals surface area (Å²) in [7, 11) is -3.05. The van der Waals surface area contributed by atoms with Gasteiger partial charge >= 0.3 is 0 Å². The minimum absolute atomic E-state index is 0.383. The van der Waals surface area contributed by atoms with Crippen molar-refractivity contribution >= 4 is 27.5 Å². The van der Waals surface area contributed by atoms with Crippen molar-refractivity contribution in [3.05, 3.63) is 24.3 Å². The molecular formula is C14H22N2O2S2. The van der Waals surface area contributed by atoms with E-state index in [2.05, 4.69) is 23.7 Å². The molecule has 20 heavy (non-hydrogen) atoms. The molecule has 1 unspecified atom stereocenters. The Kier molecular flexibility index (Phi) is 5.35. The Morgan fingerprint density at radius 3 is 2.85 bits per heavy atom. The van der Waals surface area contributed by atoms with E-state index < -0.39 is 10.0 Å².